The summed E-state index contributed by atoms with van der Waals surface area (Å²) in [4.78, 5) is 11.7. The number of esters is 1. The Morgan fingerprint density at radius 2 is 1.74 bits per heavy atom. The molecule has 1 aromatic heterocycles. The molecule has 0 amide bonds. The highest BCUT2D eigenvalue weighted by molar-refractivity contribution is 6.65. The van der Waals surface area contributed by atoms with Crippen molar-refractivity contribution in [2.75, 3.05) is 7.11 Å². The first-order valence-corrected chi connectivity index (χ1v) is 10.3. The number of hydrogen-bond acceptors (Lipinski definition) is 6. The highest BCUT2D eigenvalue weighted by Crippen LogP contribution is 2.37. The molecular formula is C24H27BO6. The minimum absolute atomic E-state index is 0.156. The summed E-state index contributed by atoms with van der Waals surface area (Å²) < 4.78 is 29.1. The van der Waals surface area contributed by atoms with Crippen molar-refractivity contribution in [1.82, 2.24) is 0 Å². The summed E-state index contributed by atoms with van der Waals surface area (Å²) in [7, 11) is 0.874. The van der Waals surface area contributed by atoms with E-state index >= 15 is 0 Å². The molecule has 1 aliphatic rings. The number of benzene rings is 2. The molecule has 0 bridgehead atoms. The van der Waals surface area contributed by atoms with Crippen LogP contribution in [0.15, 0.2) is 53.1 Å². The Hall–Kier alpha value is -2.77. The van der Waals surface area contributed by atoms with Crippen molar-refractivity contribution in [2.24, 2.45) is 0 Å². The van der Waals surface area contributed by atoms with E-state index in [0.29, 0.717) is 12.4 Å². The van der Waals surface area contributed by atoms with Gasteiger partial charge in [-0.3, -0.25) is 4.79 Å². The Labute approximate surface area is 182 Å². The molecule has 0 aliphatic carbocycles. The molecule has 0 atom stereocenters. The van der Waals surface area contributed by atoms with Gasteiger partial charge in [0.05, 0.1) is 31.0 Å². The number of rotatable bonds is 6. The van der Waals surface area contributed by atoms with Crippen LogP contribution in [0.4, 0.5) is 0 Å². The number of ether oxygens (including phenoxy) is 2. The predicted octanol–water partition coefficient (Wildman–Crippen LogP) is 4.03. The van der Waals surface area contributed by atoms with Crippen LogP contribution in [0, 0.1) is 0 Å². The van der Waals surface area contributed by atoms with Crippen LogP contribution < -0.4 is 10.2 Å². The summed E-state index contributed by atoms with van der Waals surface area (Å²) in [6, 6.07) is 13.4. The Morgan fingerprint density at radius 1 is 1.03 bits per heavy atom. The lowest BCUT2D eigenvalue weighted by Gasteiger charge is -2.32. The third kappa shape index (κ3) is 4.20. The van der Waals surface area contributed by atoms with E-state index in [-0.39, 0.29) is 12.4 Å². The molecule has 31 heavy (non-hydrogen) atoms. The second kappa shape index (κ2) is 8.06. The maximum Gasteiger partial charge on any atom is 0.495 e. The summed E-state index contributed by atoms with van der Waals surface area (Å²) in [6.45, 7) is 8.44. The predicted molar refractivity (Wildman–Crippen MR) is 118 cm³/mol. The van der Waals surface area contributed by atoms with Gasteiger partial charge in [-0.25, -0.2) is 0 Å². The van der Waals surface area contributed by atoms with Crippen LogP contribution in [0.1, 0.15) is 38.8 Å². The molecule has 0 spiro atoms. The molecule has 2 aromatic carbocycles. The maximum absolute atomic E-state index is 11.7. The van der Waals surface area contributed by atoms with Gasteiger partial charge < -0.3 is 23.2 Å². The van der Waals surface area contributed by atoms with Gasteiger partial charge in [0.15, 0.2) is 0 Å². The lowest BCUT2D eigenvalue weighted by molar-refractivity contribution is -0.139. The van der Waals surface area contributed by atoms with Crippen molar-refractivity contribution >= 4 is 29.5 Å². The smallest absolute Gasteiger partial charge is 0.489 e. The zero-order valence-corrected chi connectivity index (χ0v) is 18.6. The third-order valence-electron chi connectivity index (χ3n) is 6.10. The molecule has 162 valence electrons. The first-order valence-electron chi connectivity index (χ1n) is 10.3. The summed E-state index contributed by atoms with van der Waals surface area (Å²) in [5.74, 6) is 0.334. The Morgan fingerprint density at radius 3 is 2.45 bits per heavy atom. The molecule has 0 saturated carbocycles. The Bertz CT molecular complexity index is 1080. The first-order chi connectivity index (χ1) is 14.7. The fourth-order valence-corrected chi connectivity index (χ4v) is 3.59. The van der Waals surface area contributed by atoms with Crippen molar-refractivity contribution < 1.29 is 28.0 Å². The van der Waals surface area contributed by atoms with Crippen molar-refractivity contribution in [3.8, 4) is 5.75 Å². The van der Waals surface area contributed by atoms with Gasteiger partial charge in [-0.1, -0.05) is 24.3 Å². The van der Waals surface area contributed by atoms with Crippen molar-refractivity contribution in [1.29, 1.82) is 0 Å². The normalized spacial score (nSPS) is 17.1. The van der Waals surface area contributed by atoms with Crippen LogP contribution in [0.3, 0.4) is 0 Å². The Balaban J connectivity index is 1.60. The SMILES string of the molecule is COC(=O)Cc1ccccc1OCc1cc(B2OC(C)(C)C(C)(C)O2)c2ccoc2c1. The third-order valence-corrected chi connectivity index (χ3v) is 6.10. The number of carbonyl (C=O) groups is 1. The second-order valence-corrected chi connectivity index (χ2v) is 8.76. The van der Waals surface area contributed by atoms with Gasteiger partial charge >= 0.3 is 13.1 Å². The van der Waals surface area contributed by atoms with Crippen LogP contribution >= 0.6 is 0 Å². The summed E-state index contributed by atoms with van der Waals surface area (Å²) in [5, 5.41) is 0.952. The molecule has 4 rings (SSSR count). The van der Waals surface area contributed by atoms with Crippen LogP contribution in [-0.4, -0.2) is 31.4 Å². The zero-order chi connectivity index (χ0) is 22.2. The van der Waals surface area contributed by atoms with Gasteiger partial charge in [-0.15, -0.1) is 0 Å². The quantitative estimate of drug-likeness (QED) is 0.442. The monoisotopic (exact) mass is 422 g/mol. The second-order valence-electron chi connectivity index (χ2n) is 8.76. The number of fused-ring (bicyclic) bond motifs is 1. The van der Waals surface area contributed by atoms with E-state index in [2.05, 4.69) is 0 Å². The fourth-order valence-electron chi connectivity index (χ4n) is 3.59. The molecule has 1 saturated heterocycles. The lowest BCUT2D eigenvalue weighted by Crippen LogP contribution is -2.41. The van der Waals surface area contributed by atoms with Gasteiger partial charge in [0.1, 0.15) is 17.9 Å². The van der Waals surface area contributed by atoms with Crippen LogP contribution in [0.5, 0.6) is 5.75 Å². The molecule has 0 radical (unpaired) electrons. The van der Waals surface area contributed by atoms with Gasteiger partial charge in [0.2, 0.25) is 0 Å². The minimum atomic E-state index is -0.503. The lowest BCUT2D eigenvalue weighted by atomic mass is 9.76. The minimum Gasteiger partial charge on any atom is -0.489 e. The van der Waals surface area contributed by atoms with E-state index in [1.165, 1.54) is 7.11 Å². The highest BCUT2D eigenvalue weighted by Gasteiger charge is 2.52. The van der Waals surface area contributed by atoms with Crippen LogP contribution in [-0.2, 0) is 31.9 Å². The summed E-state index contributed by atoms with van der Waals surface area (Å²) in [5.41, 5.74) is 2.47. The molecule has 1 fully saturated rings. The largest absolute Gasteiger partial charge is 0.495 e. The van der Waals surface area contributed by atoms with Gasteiger partial charge in [0.25, 0.3) is 0 Å². The molecule has 0 N–H and O–H groups in total. The highest BCUT2D eigenvalue weighted by atomic mass is 16.7. The number of carbonyl (C=O) groups excluding carboxylic acids is 1. The topological polar surface area (TPSA) is 67.1 Å². The van der Waals surface area contributed by atoms with E-state index < -0.39 is 18.3 Å². The van der Waals surface area contributed by atoms with Crippen LogP contribution in [0.2, 0.25) is 0 Å². The molecule has 7 heteroatoms. The number of hydrogen-bond donors (Lipinski definition) is 0. The van der Waals surface area contributed by atoms with Gasteiger partial charge in [0, 0.05) is 10.9 Å². The molecule has 2 heterocycles. The number of furan rings is 1. The summed E-state index contributed by atoms with van der Waals surface area (Å²) >= 11 is 0. The van der Waals surface area contributed by atoms with Crippen LogP contribution in [0.25, 0.3) is 11.0 Å². The molecular weight excluding hydrogens is 395 g/mol. The van der Waals surface area contributed by atoms with E-state index in [4.69, 9.17) is 23.2 Å². The van der Waals surface area contributed by atoms with Crippen molar-refractivity contribution in [3.05, 3.63) is 59.9 Å². The average molecular weight is 422 g/mol. The number of methoxy groups -OCH3 is 1. The first kappa shape index (κ1) is 21.5. The van der Waals surface area contributed by atoms with E-state index in [0.717, 1.165) is 27.6 Å². The Kier molecular flexibility index (Phi) is 5.58. The molecule has 1 aliphatic heterocycles. The zero-order valence-electron chi connectivity index (χ0n) is 18.6. The maximum atomic E-state index is 11.7. The van der Waals surface area contributed by atoms with Gasteiger partial charge in [-0.05, 0) is 56.9 Å². The van der Waals surface area contributed by atoms with E-state index in [1.807, 2.05) is 70.2 Å². The fraction of sp³-hybridized carbons (Fsp3) is 0.375. The number of para-hydroxylation sites is 1. The average Bonchev–Trinajstić information content (AvgIpc) is 3.27. The van der Waals surface area contributed by atoms with Crippen molar-refractivity contribution in [2.45, 2.75) is 51.9 Å². The summed E-state index contributed by atoms with van der Waals surface area (Å²) in [6.07, 6.45) is 1.82. The van der Waals surface area contributed by atoms with Crippen molar-refractivity contribution in [3.63, 3.8) is 0 Å². The van der Waals surface area contributed by atoms with Gasteiger partial charge in [-0.2, -0.15) is 0 Å². The standard InChI is InChI=1S/C24H27BO6/c1-23(2)24(3,4)31-25(30-23)19-12-16(13-21-18(19)10-11-28-21)15-29-20-9-7-6-8-17(20)14-22(26)27-5/h6-13H,14-15H2,1-5H3. The van der Waals surface area contributed by atoms with E-state index in [9.17, 15) is 4.79 Å². The molecule has 3 aromatic rings. The molecule has 6 nitrogen and oxygen atoms in total. The van der Waals surface area contributed by atoms with E-state index in [1.54, 1.807) is 6.26 Å². The molecule has 0 unspecified atom stereocenters.